The fourth-order valence-corrected chi connectivity index (χ4v) is 4.14. The Morgan fingerprint density at radius 1 is 0.750 bits per heavy atom. The van der Waals surface area contributed by atoms with Crippen molar-refractivity contribution in [2.75, 3.05) is 6.61 Å². The maximum atomic E-state index is 12.8. The predicted molar refractivity (Wildman–Crippen MR) is 138 cm³/mol. The molecule has 7 atom stereocenters. The van der Waals surface area contributed by atoms with E-state index >= 15 is 0 Å². The molecular formula is C25H43N3O12. The van der Waals surface area contributed by atoms with Crippen LogP contribution in [0.1, 0.15) is 77.6 Å². The van der Waals surface area contributed by atoms with Gasteiger partial charge in [0.05, 0.1) is 6.61 Å². The SMILES string of the molecule is CCCCCCCC[C@H](NC(=O)CCC(=O)N[C@@H]1O[C@H](CO)[C@@H](O)[C@H](O)[C@H]1O)C(=O)N[C@@H](CCC(=O)O)C(=O)O. The summed E-state index contributed by atoms with van der Waals surface area (Å²) >= 11 is 0. The molecule has 15 heteroatoms. The molecule has 230 valence electrons. The van der Waals surface area contributed by atoms with E-state index in [1.807, 2.05) is 0 Å². The minimum absolute atomic E-state index is 0.200. The number of carbonyl (C=O) groups is 5. The second-order valence-electron chi connectivity index (χ2n) is 9.83. The summed E-state index contributed by atoms with van der Waals surface area (Å²) in [6.07, 6.45) is -3.66. The largest absolute Gasteiger partial charge is 0.481 e. The van der Waals surface area contributed by atoms with Crippen LogP contribution in [0.15, 0.2) is 0 Å². The Kier molecular flexibility index (Phi) is 16.3. The van der Waals surface area contributed by atoms with Crippen molar-refractivity contribution in [3.05, 3.63) is 0 Å². The number of aliphatic carboxylic acids is 2. The van der Waals surface area contributed by atoms with Gasteiger partial charge in [0.1, 0.15) is 36.5 Å². The summed E-state index contributed by atoms with van der Waals surface area (Å²) in [6, 6.07) is -2.57. The van der Waals surface area contributed by atoms with E-state index in [9.17, 15) is 49.5 Å². The first-order valence-electron chi connectivity index (χ1n) is 13.5. The fourth-order valence-electron chi connectivity index (χ4n) is 4.14. The number of aliphatic hydroxyl groups is 4. The van der Waals surface area contributed by atoms with Crippen LogP contribution in [0.2, 0.25) is 0 Å². The van der Waals surface area contributed by atoms with Crippen LogP contribution in [0, 0.1) is 0 Å². The Labute approximate surface area is 232 Å². The van der Waals surface area contributed by atoms with Crippen LogP contribution >= 0.6 is 0 Å². The van der Waals surface area contributed by atoms with Gasteiger partial charge in [-0.3, -0.25) is 19.2 Å². The lowest BCUT2D eigenvalue weighted by Crippen LogP contribution is -2.63. The van der Waals surface area contributed by atoms with Crippen molar-refractivity contribution in [2.24, 2.45) is 0 Å². The molecule has 0 radical (unpaired) electrons. The molecule has 0 spiro atoms. The summed E-state index contributed by atoms with van der Waals surface area (Å²) in [5, 5.41) is 64.1. The number of carboxylic acid groups (broad SMARTS) is 2. The summed E-state index contributed by atoms with van der Waals surface area (Å²) in [5.41, 5.74) is 0. The summed E-state index contributed by atoms with van der Waals surface area (Å²) < 4.78 is 5.19. The monoisotopic (exact) mass is 577 g/mol. The Morgan fingerprint density at radius 2 is 1.38 bits per heavy atom. The molecule has 1 saturated heterocycles. The van der Waals surface area contributed by atoms with Gasteiger partial charge in [0.15, 0.2) is 6.23 Å². The van der Waals surface area contributed by atoms with Crippen molar-refractivity contribution in [3.8, 4) is 0 Å². The van der Waals surface area contributed by atoms with Crippen LogP contribution in [0.25, 0.3) is 0 Å². The zero-order chi connectivity index (χ0) is 30.2. The molecule has 0 unspecified atom stereocenters. The van der Waals surface area contributed by atoms with E-state index in [-0.39, 0.29) is 19.3 Å². The first-order chi connectivity index (χ1) is 18.9. The van der Waals surface area contributed by atoms with Crippen molar-refractivity contribution in [1.82, 2.24) is 16.0 Å². The van der Waals surface area contributed by atoms with Gasteiger partial charge in [0.25, 0.3) is 0 Å². The van der Waals surface area contributed by atoms with Crippen molar-refractivity contribution in [3.63, 3.8) is 0 Å². The first kappa shape index (κ1) is 35.2. The molecule has 0 bridgehead atoms. The molecule has 0 aromatic carbocycles. The number of aliphatic hydroxyl groups excluding tert-OH is 4. The third-order valence-corrected chi connectivity index (χ3v) is 6.53. The van der Waals surface area contributed by atoms with E-state index in [2.05, 4.69) is 22.9 Å². The molecule has 0 saturated carbocycles. The standard InChI is InChI=1S/C25H43N3O12/c1-2-3-4-5-6-7-8-14(23(37)27-15(25(38)39)9-12-19(32)33)26-17(30)10-11-18(31)28-24-22(36)21(35)20(34)16(13-29)40-24/h14-16,20-22,24,29,34-36H,2-13H2,1H3,(H,26,30)(H,27,37)(H,28,31)(H,32,33)(H,38,39)/t14-,15-,16+,20+,21-,22+,24+/m0/s1. The Morgan fingerprint density at radius 3 is 1.98 bits per heavy atom. The molecule has 1 fully saturated rings. The van der Waals surface area contributed by atoms with Crippen molar-refractivity contribution in [2.45, 2.75) is 120 Å². The number of carbonyl (C=O) groups excluding carboxylic acids is 3. The second kappa shape index (κ2) is 18.5. The molecule has 1 rings (SSSR count). The van der Waals surface area contributed by atoms with E-state index < -0.39 is 91.8 Å². The highest BCUT2D eigenvalue weighted by Gasteiger charge is 2.44. The Bertz CT molecular complexity index is 840. The summed E-state index contributed by atoms with van der Waals surface area (Å²) in [6.45, 7) is 1.39. The predicted octanol–water partition coefficient (Wildman–Crippen LogP) is -1.65. The van der Waals surface area contributed by atoms with Crippen LogP contribution < -0.4 is 16.0 Å². The normalized spacial score (nSPS) is 24.0. The summed E-state index contributed by atoms with van der Waals surface area (Å²) in [7, 11) is 0. The molecule has 0 aromatic rings. The minimum atomic E-state index is -1.69. The molecule has 1 aliphatic heterocycles. The number of rotatable bonds is 19. The molecule has 9 N–H and O–H groups in total. The van der Waals surface area contributed by atoms with Gasteiger partial charge in [0, 0.05) is 19.3 Å². The highest BCUT2D eigenvalue weighted by molar-refractivity contribution is 5.91. The van der Waals surface area contributed by atoms with Gasteiger partial charge >= 0.3 is 11.9 Å². The molecule has 40 heavy (non-hydrogen) atoms. The summed E-state index contributed by atoms with van der Waals surface area (Å²) in [4.78, 5) is 60.0. The lowest BCUT2D eigenvalue weighted by atomic mass is 9.98. The molecule has 0 aliphatic carbocycles. The third-order valence-electron chi connectivity index (χ3n) is 6.53. The van der Waals surface area contributed by atoms with Crippen molar-refractivity contribution in [1.29, 1.82) is 0 Å². The highest BCUT2D eigenvalue weighted by Crippen LogP contribution is 2.20. The zero-order valence-corrected chi connectivity index (χ0v) is 22.7. The number of carboxylic acids is 2. The second-order valence-corrected chi connectivity index (χ2v) is 9.83. The lowest BCUT2D eigenvalue weighted by Gasteiger charge is -2.40. The number of nitrogens with one attached hydrogen (secondary N) is 3. The summed E-state index contributed by atoms with van der Waals surface area (Å²) in [5.74, 6) is -4.86. The van der Waals surface area contributed by atoms with E-state index in [1.54, 1.807) is 0 Å². The smallest absolute Gasteiger partial charge is 0.326 e. The maximum Gasteiger partial charge on any atom is 0.326 e. The van der Waals surface area contributed by atoms with Gasteiger partial charge in [-0.05, 0) is 12.8 Å². The van der Waals surface area contributed by atoms with Crippen LogP contribution in [-0.4, -0.2) is 110 Å². The average Bonchev–Trinajstić information content (AvgIpc) is 2.90. The molecule has 3 amide bonds. The number of amides is 3. The Balaban J connectivity index is 2.72. The topological polar surface area (TPSA) is 252 Å². The van der Waals surface area contributed by atoms with E-state index in [0.29, 0.717) is 6.42 Å². The van der Waals surface area contributed by atoms with Crippen LogP contribution in [-0.2, 0) is 28.7 Å². The molecule has 15 nitrogen and oxygen atoms in total. The van der Waals surface area contributed by atoms with E-state index in [4.69, 9.17) is 9.84 Å². The number of hydrogen-bond acceptors (Lipinski definition) is 10. The van der Waals surface area contributed by atoms with Crippen LogP contribution in [0.3, 0.4) is 0 Å². The quantitative estimate of drug-likeness (QED) is 0.0783. The van der Waals surface area contributed by atoms with Crippen molar-refractivity contribution < 1.29 is 59.3 Å². The minimum Gasteiger partial charge on any atom is -0.481 e. The van der Waals surface area contributed by atoms with Gasteiger partial charge in [-0.15, -0.1) is 0 Å². The molecule has 1 aliphatic rings. The van der Waals surface area contributed by atoms with Crippen LogP contribution in [0.5, 0.6) is 0 Å². The first-order valence-corrected chi connectivity index (χ1v) is 13.5. The van der Waals surface area contributed by atoms with Gasteiger partial charge < -0.3 is 51.3 Å². The lowest BCUT2D eigenvalue weighted by molar-refractivity contribution is -0.236. The van der Waals surface area contributed by atoms with Gasteiger partial charge in [-0.2, -0.15) is 0 Å². The zero-order valence-electron chi connectivity index (χ0n) is 22.7. The van der Waals surface area contributed by atoms with Crippen molar-refractivity contribution >= 4 is 29.7 Å². The highest BCUT2D eigenvalue weighted by atomic mass is 16.6. The third kappa shape index (κ3) is 12.6. The molecule has 1 heterocycles. The number of hydrogen-bond donors (Lipinski definition) is 9. The van der Waals surface area contributed by atoms with E-state index in [1.165, 1.54) is 0 Å². The molecular weight excluding hydrogens is 534 g/mol. The van der Waals surface area contributed by atoms with Gasteiger partial charge in [0.2, 0.25) is 17.7 Å². The number of unbranched alkanes of at least 4 members (excludes halogenated alkanes) is 5. The number of ether oxygens (including phenoxy) is 1. The van der Waals surface area contributed by atoms with E-state index in [0.717, 1.165) is 32.1 Å². The van der Waals surface area contributed by atoms with Gasteiger partial charge in [-0.25, -0.2) is 4.79 Å². The van der Waals surface area contributed by atoms with Crippen LogP contribution in [0.4, 0.5) is 0 Å². The van der Waals surface area contributed by atoms with Gasteiger partial charge in [-0.1, -0.05) is 45.4 Å². The average molecular weight is 578 g/mol. The molecule has 0 aromatic heterocycles. The fraction of sp³-hybridized carbons (Fsp3) is 0.800. The maximum absolute atomic E-state index is 12.8. The Hall–Kier alpha value is -2.85.